The molecular weight excluding hydrogens is 437 g/mol. The zero-order valence-corrected chi connectivity index (χ0v) is 18.6. The molecule has 1 aromatic heterocycles. The molecule has 0 saturated carbocycles. The van der Waals surface area contributed by atoms with Crippen LogP contribution in [-0.4, -0.2) is 4.57 Å². The van der Waals surface area contributed by atoms with E-state index in [4.69, 9.17) is 0 Å². The van der Waals surface area contributed by atoms with E-state index in [1.807, 2.05) is 68.4 Å². The lowest BCUT2D eigenvalue weighted by atomic mass is 9.98. The Morgan fingerprint density at radius 2 is 1.53 bits per heavy atom. The molecule has 0 unspecified atom stereocenters. The zero-order valence-electron chi connectivity index (χ0n) is 18.6. The number of nitrogens with zero attached hydrogens (tertiary/aromatic N) is 2. The smallest absolute Gasteiger partial charge is 0.303 e. The number of aromatic nitrogens is 1. The maximum atomic E-state index is 13.8. The van der Waals surface area contributed by atoms with Gasteiger partial charge in [0.15, 0.2) is 0 Å². The van der Waals surface area contributed by atoms with Gasteiger partial charge in [-0.3, -0.25) is 4.79 Å². The molecule has 0 bridgehead atoms. The van der Waals surface area contributed by atoms with Crippen molar-refractivity contribution >= 4 is 0 Å². The van der Waals surface area contributed by atoms with E-state index in [2.05, 4.69) is 0 Å². The summed E-state index contributed by atoms with van der Waals surface area (Å²) in [5, 5.41) is 9.44. The van der Waals surface area contributed by atoms with Crippen molar-refractivity contribution in [3.05, 3.63) is 117 Å². The molecule has 0 aliphatic heterocycles. The van der Waals surface area contributed by atoms with E-state index in [1.165, 1.54) is 10.6 Å². The maximum Gasteiger partial charge on any atom is 0.417 e. The summed E-state index contributed by atoms with van der Waals surface area (Å²) in [7, 11) is 0. The second kappa shape index (κ2) is 9.03. The molecule has 0 spiro atoms. The molecular formula is C28H21F3N2O. The van der Waals surface area contributed by atoms with Crippen LogP contribution in [0.4, 0.5) is 13.2 Å². The molecule has 0 N–H and O–H groups in total. The first-order valence-electron chi connectivity index (χ1n) is 10.7. The minimum atomic E-state index is -4.84. The summed E-state index contributed by atoms with van der Waals surface area (Å²) in [5.41, 5.74) is 1.92. The average Bonchev–Trinajstić information content (AvgIpc) is 2.81. The summed E-state index contributed by atoms with van der Waals surface area (Å²) in [6.45, 7) is 3.87. The molecule has 0 amide bonds. The van der Waals surface area contributed by atoms with Crippen LogP contribution in [0.5, 0.6) is 0 Å². The highest BCUT2D eigenvalue weighted by atomic mass is 19.4. The number of pyridine rings is 1. The fraction of sp³-hybridized carbons (Fsp3) is 0.143. The molecule has 1 heterocycles. The molecule has 6 heteroatoms. The number of alkyl halides is 3. The van der Waals surface area contributed by atoms with E-state index in [9.17, 15) is 23.2 Å². The lowest BCUT2D eigenvalue weighted by Gasteiger charge is -2.19. The maximum absolute atomic E-state index is 13.8. The predicted octanol–water partition coefficient (Wildman–Crippen LogP) is 6.74. The van der Waals surface area contributed by atoms with Gasteiger partial charge >= 0.3 is 6.18 Å². The Morgan fingerprint density at radius 3 is 2.18 bits per heavy atom. The van der Waals surface area contributed by atoms with Crippen molar-refractivity contribution in [3.63, 3.8) is 0 Å². The predicted molar refractivity (Wildman–Crippen MR) is 126 cm³/mol. The van der Waals surface area contributed by atoms with Crippen molar-refractivity contribution < 1.29 is 13.2 Å². The normalized spacial score (nSPS) is 11.3. The van der Waals surface area contributed by atoms with Crippen molar-refractivity contribution in [2.75, 3.05) is 0 Å². The van der Waals surface area contributed by atoms with E-state index in [1.54, 1.807) is 18.2 Å². The van der Waals surface area contributed by atoms with Crippen molar-refractivity contribution in [2.45, 2.75) is 26.6 Å². The van der Waals surface area contributed by atoms with Crippen LogP contribution in [0.25, 0.3) is 22.4 Å². The van der Waals surface area contributed by atoms with E-state index in [0.29, 0.717) is 5.56 Å². The molecule has 4 rings (SSSR count). The first-order valence-corrected chi connectivity index (χ1v) is 10.7. The Balaban J connectivity index is 1.98. The van der Waals surface area contributed by atoms with Crippen LogP contribution >= 0.6 is 0 Å². The second-order valence-corrected chi connectivity index (χ2v) is 8.20. The van der Waals surface area contributed by atoms with Crippen molar-refractivity contribution in [3.8, 4) is 28.5 Å². The third kappa shape index (κ3) is 4.51. The number of benzene rings is 3. The van der Waals surface area contributed by atoms with Gasteiger partial charge in [-0.25, -0.2) is 0 Å². The largest absolute Gasteiger partial charge is 0.417 e. The highest BCUT2D eigenvalue weighted by Crippen LogP contribution is 2.34. The third-order valence-electron chi connectivity index (χ3n) is 5.81. The van der Waals surface area contributed by atoms with Crippen LogP contribution in [0.15, 0.2) is 83.7 Å². The summed E-state index contributed by atoms with van der Waals surface area (Å²) >= 11 is 0. The van der Waals surface area contributed by atoms with Crippen LogP contribution in [-0.2, 0) is 12.7 Å². The lowest BCUT2D eigenvalue weighted by Crippen LogP contribution is -2.29. The van der Waals surface area contributed by atoms with E-state index in [0.717, 1.165) is 33.9 Å². The van der Waals surface area contributed by atoms with Gasteiger partial charge in [-0.05, 0) is 53.8 Å². The summed E-state index contributed by atoms with van der Waals surface area (Å²) in [4.78, 5) is 13.2. The molecule has 0 radical (unpaired) electrons. The first-order chi connectivity index (χ1) is 16.2. The molecule has 0 aliphatic carbocycles. The van der Waals surface area contributed by atoms with Crippen LogP contribution < -0.4 is 5.56 Å². The lowest BCUT2D eigenvalue weighted by molar-refractivity contribution is -0.137. The van der Waals surface area contributed by atoms with Gasteiger partial charge in [-0.1, -0.05) is 72.3 Å². The Kier molecular flexibility index (Phi) is 6.12. The molecule has 0 aliphatic rings. The number of hydrogen-bond acceptors (Lipinski definition) is 2. The topological polar surface area (TPSA) is 45.8 Å². The second-order valence-electron chi connectivity index (χ2n) is 8.20. The Morgan fingerprint density at radius 1 is 0.853 bits per heavy atom. The minimum absolute atomic E-state index is 0.0443. The Bertz CT molecular complexity index is 1460. The molecule has 0 fully saturated rings. The SMILES string of the molecule is Cc1ccc(Cn2c(-c3cccc(-c4ccccc4)c3)cc(C(F)(F)F)c(C#N)c2=O)c(C)c1. The molecule has 0 atom stereocenters. The fourth-order valence-electron chi connectivity index (χ4n) is 4.06. The van der Waals surface area contributed by atoms with Crippen molar-refractivity contribution in [2.24, 2.45) is 0 Å². The highest BCUT2D eigenvalue weighted by molar-refractivity contribution is 5.72. The Labute approximate surface area is 195 Å². The zero-order chi connectivity index (χ0) is 24.5. The van der Waals surface area contributed by atoms with Gasteiger partial charge in [0.1, 0.15) is 11.6 Å². The number of rotatable bonds is 4. The number of hydrogen-bond donors (Lipinski definition) is 0. The highest BCUT2D eigenvalue weighted by Gasteiger charge is 2.36. The third-order valence-corrected chi connectivity index (χ3v) is 5.81. The quantitative estimate of drug-likeness (QED) is 0.340. The van der Waals surface area contributed by atoms with Crippen LogP contribution in [0.3, 0.4) is 0 Å². The monoisotopic (exact) mass is 458 g/mol. The van der Waals surface area contributed by atoms with E-state index < -0.39 is 22.9 Å². The summed E-state index contributed by atoms with van der Waals surface area (Å²) in [6.07, 6.45) is -4.84. The molecule has 3 nitrogen and oxygen atoms in total. The number of aryl methyl sites for hydroxylation is 2. The van der Waals surface area contributed by atoms with Gasteiger partial charge in [0.05, 0.1) is 17.8 Å². The molecule has 3 aromatic carbocycles. The van der Waals surface area contributed by atoms with Crippen molar-refractivity contribution in [1.82, 2.24) is 4.57 Å². The van der Waals surface area contributed by atoms with Crippen LogP contribution in [0.1, 0.15) is 27.8 Å². The van der Waals surface area contributed by atoms with Crippen LogP contribution in [0.2, 0.25) is 0 Å². The standard InChI is InChI=1S/C28H21F3N2O/c1-18-11-12-23(19(2)13-18)17-33-26(15-25(28(29,30)31)24(16-32)27(33)34)22-10-6-9-21(14-22)20-7-4-3-5-8-20/h3-15H,17H2,1-2H3. The molecule has 0 saturated heterocycles. The Hall–Kier alpha value is -4.11. The van der Waals surface area contributed by atoms with Gasteiger partial charge in [0.25, 0.3) is 5.56 Å². The van der Waals surface area contributed by atoms with Crippen LogP contribution in [0, 0.1) is 25.2 Å². The fourth-order valence-corrected chi connectivity index (χ4v) is 4.06. The van der Waals surface area contributed by atoms with Gasteiger partial charge < -0.3 is 4.57 Å². The molecule has 4 aromatic rings. The van der Waals surface area contributed by atoms with Gasteiger partial charge in [-0.2, -0.15) is 18.4 Å². The summed E-state index contributed by atoms with van der Waals surface area (Å²) in [5.74, 6) is 0. The van der Waals surface area contributed by atoms with E-state index in [-0.39, 0.29) is 12.2 Å². The first kappa shape index (κ1) is 23.1. The summed E-state index contributed by atoms with van der Waals surface area (Å²) < 4.78 is 42.7. The van der Waals surface area contributed by atoms with Gasteiger partial charge in [0.2, 0.25) is 0 Å². The average molecular weight is 458 g/mol. The minimum Gasteiger partial charge on any atom is -0.303 e. The van der Waals surface area contributed by atoms with E-state index >= 15 is 0 Å². The van der Waals surface area contributed by atoms with Crippen molar-refractivity contribution in [1.29, 1.82) is 5.26 Å². The molecule has 170 valence electrons. The summed E-state index contributed by atoms with van der Waals surface area (Å²) in [6, 6.07) is 24.6. The van der Waals surface area contributed by atoms with Gasteiger partial charge in [-0.15, -0.1) is 0 Å². The van der Waals surface area contributed by atoms with Gasteiger partial charge in [0, 0.05) is 0 Å². The molecule has 34 heavy (non-hydrogen) atoms. The number of halogens is 3. The number of nitriles is 1.